The Kier molecular flexibility index (Phi) is 3.21. The topological polar surface area (TPSA) is 81.6 Å². The highest BCUT2D eigenvalue weighted by atomic mass is 16.5. The molecule has 0 atom stereocenters. The summed E-state index contributed by atoms with van der Waals surface area (Å²) in [6, 6.07) is 8.26. The molecule has 4 heterocycles. The maximum Gasteiger partial charge on any atom is 0.280 e. The largest absolute Gasteiger partial charge is 0.378 e. The number of imidazole rings is 1. The molecule has 3 aromatic heterocycles. The highest BCUT2D eigenvalue weighted by Gasteiger charge is 2.30. The summed E-state index contributed by atoms with van der Waals surface area (Å²) >= 11 is 0. The predicted octanol–water partition coefficient (Wildman–Crippen LogP) is 2.65. The minimum atomic E-state index is 0.439. The van der Waals surface area contributed by atoms with Gasteiger partial charge < -0.3 is 14.2 Å². The number of anilines is 1. The Bertz CT molecular complexity index is 1140. The van der Waals surface area contributed by atoms with Gasteiger partial charge in [0.05, 0.1) is 18.7 Å². The molecule has 4 aromatic rings. The Morgan fingerprint density at radius 1 is 1.04 bits per heavy atom. The summed E-state index contributed by atoms with van der Waals surface area (Å²) in [6.45, 7) is 3.06. The zero-order valence-electron chi connectivity index (χ0n) is 14.7. The normalized spacial score (nSPS) is 17.9. The van der Waals surface area contributed by atoms with Crippen LogP contribution in [0.1, 0.15) is 24.6 Å². The van der Waals surface area contributed by atoms with E-state index in [1.54, 1.807) is 6.33 Å². The monoisotopic (exact) mass is 362 g/mol. The highest BCUT2D eigenvalue weighted by molar-refractivity contribution is 5.93. The Labute approximate surface area is 154 Å². The van der Waals surface area contributed by atoms with E-state index in [0.717, 1.165) is 54.1 Å². The zero-order chi connectivity index (χ0) is 17.8. The number of benzene rings is 1. The molecule has 6 rings (SSSR count). The van der Waals surface area contributed by atoms with Crippen LogP contribution in [0.25, 0.3) is 28.1 Å². The molecule has 0 amide bonds. The first-order chi connectivity index (χ1) is 13.4. The summed E-state index contributed by atoms with van der Waals surface area (Å²) < 4.78 is 13.0. The summed E-state index contributed by atoms with van der Waals surface area (Å²) in [4.78, 5) is 16.4. The van der Waals surface area contributed by atoms with Crippen LogP contribution in [0.2, 0.25) is 0 Å². The summed E-state index contributed by atoms with van der Waals surface area (Å²) in [6.07, 6.45) is 4.05. The predicted molar refractivity (Wildman–Crippen MR) is 98.8 cm³/mol. The fraction of sp³-hybridized carbons (Fsp3) is 0.368. The third-order valence-electron chi connectivity index (χ3n) is 5.26. The third-order valence-corrected chi connectivity index (χ3v) is 5.26. The number of ether oxygens (including phenoxy) is 1. The molecular formula is C19H18N6O2. The number of morpholine rings is 1. The van der Waals surface area contributed by atoms with E-state index in [1.165, 1.54) is 0 Å². The van der Waals surface area contributed by atoms with Gasteiger partial charge in [0.15, 0.2) is 17.2 Å². The fourth-order valence-electron chi connectivity index (χ4n) is 3.66. The molecule has 1 aliphatic carbocycles. The van der Waals surface area contributed by atoms with Crippen LogP contribution in [0.3, 0.4) is 0 Å². The van der Waals surface area contributed by atoms with Gasteiger partial charge in [-0.15, -0.1) is 0 Å². The summed E-state index contributed by atoms with van der Waals surface area (Å²) in [7, 11) is 0. The van der Waals surface area contributed by atoms with Gasteiger partial charge in [-0.3, -0.25) is 4.40 Å². The molecule has 0 unspecified atom stereocenters. The fourth-order valence-corrected chi connectivity index (χ4v) is 3.66. The summed E-state index contributed by atoms with van der Waals surface area (Å²) in [5.41, 5.74) is 2.43. The first-order valence-electron chi connectivity index (χ1n) is 9.31. The Morgan fingerprint density at radius 3 is 2.74 bits per heavy atom. The van der Waals surface area contributed by atoms with Crippen LogP contribution in [0.4, 0.5) is 5.82 Å². The van der Waals surface area contributed by atoms with Gasteiger partial charge in [-0.1, -0.05) is 17.3 Å². The second-order valence-corrected chi connectivity index (χ2v) is 7.07. The van der Waals surface area contributed by atoms with Crippen LogP contribution in [0.5, 0.6) is 0 Å². The third kappa shape index (κ3) is 2.40. The van der Waals surface area contributed by atoms with Crippen LogP contribution in [-0.4, -0.2) is 50.8 Å². The first-order valence-corrected chi connectivity index (χ1v) is 9.31. The van der Waals surface area contributed by atoms with Crippen LogP contribution >= 0.6 is 0 Å². The van der Waals surface area contributed by atoms with E-state index in [4.69, 9.17) is 14.2 Å². The van der Waals surface area contributed by atoms with Crippen molar-refractivity contribution in [1.82, 2.24) is 24.5 Å². The van der Waals surface area contributed by atoms with Crippen molar-refractivity contribution in [1.29, 1.82) is 0 Å². The molecule has 0 bridgehead atoms. The smallest absolute Gasteiger partial charge is 0.280 e. The molecular weight excluding hydrogens is 344 g/mol. The lowest BCUT2D eigenvalue weighted by molar-refractivity contribution is 0.122. The molecule has 1 aliphatic heterocycles. The number of aromatic nitrogens is 5. The summed E-state index contributed by atoms with van der Waals surface area (Å²) in [5.74, 6) is 2.61. The van der Waals surface area contributed by atoms with Crippen LogP contribution in [0, 0.1) is 0 Å². The number of fused-ring (bicyclic) bond motifs is 3. The molecule has 2 fully saturated rings. The van der Waals surface area contributed by atoms with Crippen molar-refractivity contribution >= 4 is 22.4 Å². The van der Waals surface area contributed by atoms with Crippen molar-refractivity contribution in [2.24, 2.45) is 0 Å². The van der Waals surface area contributed by atoms with Crippen molar-refractivity contribution in [2.45, 2.75) is 18.8 Å². The van der Waals surface area contributed by atoms with E-state index < -0.39 is 0 Å². The molecule has 0 spiro atoms. The quantitative estimate of drug-likeness (QED) is 0.554. The van der Waals surface area contributed by atoms with Crippen molar-refractivity contribution < 1.29 is 9.26 Å². The van der Waals surface area contributed by atoms with Crippen molar-refractivity contribution in [2.75, 3.05) is 31.2 Å². The number of nitrogens with zero attached hydrogens (tertiary/aromatic N) is 6. The minimum Gasteiger partial charge on any atom is -0.378 e. The lowest BCUT2D eigenvalue weighted by atomic mass is 10.2. The maximum atomic E-state index is 5.51. The molecule has 1 saturated carbocycles. The molecule has 0 N–H and O–H groups in total. The van der Waals surface area contributed by atoms with Crippen LogP contribution < -0.4 is 4.90 Å². The van der Waals surface area contributed by atoms with Crippen LogP contribution in [0.15, 0.2) is 35.1 Å². The van der Waals surface area contributed by atoms with E-state index in [2.05, 4.69) is 32.2 Å². The van der Waals surface area contributed by atoms with Gasteiger partial charge >= 0.3 is 0 Å². The molecule has 0 radical (unpaired) electrons. The highest BCUT2D eigenvalue weighted by Crippen LogP contribution is 2.39. The Balaban J connectivity index is 1.56. The lowest BCUT2D eigenvalue weighted by Crippen LogP contribution is -2.37. The van der Waals surface area contributed by atoms with Gasteiger partial charge in [0.25, 0.3) is 5.89 Å². The van der Waals surface area contributed by atoms with E-state index in [1.807, 2.05) is 16.5 Å². The number of hydrogen-bond acceptors (Lipinski definition) is 7. The van der Waals surface area contributed by atoms with Gasteiger partial charge in [0.1, 0.15) is 12.1 Å². The van der Waals surface area contributed by atoms with E-state index in [9.17, 15) is 0 Å². The Morgan fingerprint density at radius 2 is 1.89 bits per heavy atom. The SMILES string of the molecule is c1ccc2c(c1)c(N1CCOCC1)nc1c(-c3nc(C4CC4)no3)ncn12. The van der Waals surface area contributed by atoms with Crippen molar-refractivity contribution in [3.63, 3.8) is 0 Å². The van der Waals surface area contributed by atoms with Gasteiger partial charge in [-0.25, -0.2) is 9.97 Å². The standard InChI is InChI=1S/C19H18N6O2/c1-2-4-14-13(3-1)17(24-7-9-26-10-8-24)22-18-15(20-11-25(14)18)19-21-16(23-27-19)12-5-6-12/h1-4,11-12H,5-10H2. The average molecular weight is 362 g/mol. The van der Waals surface area contributed by atoms with E-state index >= 15 is 0 Å². The van der Waals surface area contributed by atoms with Gasteiger partial charge in [-0.05, 0) is 25.0 Å². The lowest BCUT2D eigenvalue weighted by Gasteiger charge is -2.29. The molecule has 1 saturated heterocycles. The minimum absolute atomic E-state index is 0.439. The molecule has 1 aromatic carbocycles. The second kappa shape index (κ2) is 5.75. The van der Waals surface area contributed by atoms with Gasteiger partial charge in [-0.2, -0.15) is 4.98 Å². The summed E-state index contributed by atoms with van der Waals surface area (Å²) in [5, 5.41) is 5.22. The number of para-hydroxylation sites is 1. The number of rotatable bonds is 3. The zero-order valence-corrected chi connectivity index (χ0v) is 14.7. The molecule has 27 heavy (non-hydrogen) atoms. The van der Waals surface area contributed by atoms with Crippen molar-refractivity contribution in [3.8, 4) is 11.6 Å². The molecule has 136 valence electrons. The van der Waals surface area contributed by atoms with Crippen molar-refractivity contribution in [3.05, 3.63) is 36.4 Å². The Hall–Kier alpha value is -3.00. The number of hydrogen-bond donors (Lipinski definition) is 0. The molecule has 8 heteroatoms. The second-order valence-electron chi connectivity index (χ2n) is 7.07. The van der Waals surface area contributed by atoms with Crippen LogP contribution in [-0.2, 0) is 4.74 Å². The molecule has 8 nitrogen and oxygen atoms in total. The van der Waals surface area contributed by atoms with E-state index in [0.29, 0.717) is 30.7 Å². The van der Waals surface area contributed by atoms with Gasteiger partial charge in [0, 0.05) is 24.4 Å². The van der Waals surface area contributed by atoms with E-state index in [-0.39, 0.29) is 0 Å². The molecule has 2 aliphatic rings. The average Bonchev–Trinajstić information content (AvgIpc) is 3.30. The first kappa shape index (κ1) is 15.1. The van der Waals surface area contributed by atoms with Gasteiger partial charge in [0.2, 0.25) is 0 Å². The maximum absolute atomic E-state index is 5.51.